The van der Waals surface area contributed by atoms with Crippen molar-refractivity contribution in [1.29, 1.82) is 5.26 Å². The van der Waals surface area contributed by atoms with Crippen LogP contribution < -0.4 is 0 Å². The highest BCUT2D eigenvalue weighted by Crippen LogP contribution is 2.24. The van der Waals surface area contributed by atoms with Crippen LogP contribution in [0.5, 0.6) is 0 Å². The van der Waals surface area contributed by atoms with Crippen LogP contribution in [0.1, 0.15) is 6.42 Å². The van der Waals surface area contributed by atoms with E-state index in [-0.39, 0.29) is 5.54 Å². The third kappa shape index (κ3) is 2.84. The molecule has 0 aromatic rings. The van der Waals surface area contributed by atoms with E-state index in [1.54, 1.807) is 0 Å². The van der Waals surface area contributed by atoms with E-state index in [1.807, 2.05) is 6.08 Å². The first-order valence-electron chi connectivity index (χ1n) is 3.53. The molecule has 1 nitrogen and oxygen atoms in total. The fraction of sp³-hybridized carbons (Fsp3) is 0.625. The van der Waals surface area contributed by atoms with Crippen molar-refractivity contribution in [3.63, 3.8) is 0 Å². The van der Waals surface area contributed by atoms with Crippen molar-refractivity contribution in [1.82, 2.24) is 0 Å². The lowest BCUT2D eigenvalue weighted by molar-refractivity contribution is 1.01. The third-order valence-electron chi connectivity index (χ3n) is 1.60. The van der Waals surface area contributed by atoms with Crippen LogP contribution in [-0.4, -0.2) is 8.07 Å². The Hall–Kier alpha value is -0.553. The number of rotatable bonds is 3. The van der Waals surface area contributed by atoms with Gasteiger partial charge in [-0.25, -0.2) is 0 Å². The minimum Gasteiger partial charge on any atom is -0.198 e. The first kappa shape index (κ1) is 9.45. The van der Waals surface area contributed by atoms with Gasteiger partial charge in [-0.1, -0.05) is 25.7 Å². The molecule has 0 spiro atoms. The second-order valence-corrected chi connectivity index (χ2v) is 9.00. The average molecular weight is 153 g/mol. The predicted molar refractivity (Wildman–Crippen MR) is 47.5 cm³/mol. The van der Waals surface area contributed by atoms with Crippen molar-refractivity contribution in [3.05, 3.63) is 12.7 Å². The van der Waals surface area contributed by atoms with Crippen LogP contribution in [0.2, 0.25) is 25.2 Å². The van der Waals surface area contributed by atoms with Crippen LogP contribution >= 0.6 is 0 Å². The lowest BCUT2D eigenvalue weighted by Crippen LogP contribution is -2.26. The Kier molecular flexibility index (Phi) is 3.38. The third-order valence-corrected chi connectivity index (χ3v) is 4.06. The first-order chi connectivity index (χ1) is 4.52. The topological polar surface area (TPSA) is 23.8 Å². The summed E-state index contributed by atoms with van der Waals surface area (Å²) in [5, 5.41) is 8.73. The van der Waals surface area contributed by atoms with Gasteiger partial charge >= 0.3 is 0 Å². The van der Waals surface area contributed by atoms with Crippen molar-refractivity contribution in [2.45, 2.75) is 31.6 Å². The van der Waals surface area contributed by atoms with E-state index < -0.39 is 8.07 Å². The molecule has 0 saturated heterocycles. The number of allylic oxidation sites excluding steroid dienone is 1. The molecular weight excluding hydrogens is 138 g/mol. The van der Waals surface area contributed by atoms with E-state index in [9.17, 15) is 0 Å². The highest BCUT2D eigenvalue weighted by Gasteiger charge is 2.24. The van der Waals surface area contributed by atoms with Crippen molar-refractivity contribution in [2.75, 3.05) is 0 Å². The zero-order valence-corrected chi connectivity index (χ0v) is 8.02. The van der Waals surface area contributed by atoms with Gasteiger partial charge in [-0.05, 0) is 6.42 Å². The standard InChI is InChI=1S/C8H15NSi/c1-5-6-8(7-9)10(2,3)4/h5,8H,1,6H2,2-4H3. The van der Waals surface area contributed by atoms with E-state index in [0.717, 1.165) is 6.42 Å². The van der Waals surface area contributed by atoms with Crippen molar-refractivity contribution < 1.29 is 0 Å². The summed E-state index contributed by atoms with van der Waals surface area (Å²) >= 11 is 0. The van der Waals surface area contributed by atoms with Gasteiger partial charge in [0.05, 0.1) is 14.1 Å². The quantitative estimate of drug-likeness (QED) is 0.452. The summed E-state index contributed by atoms with van der Waals surface area (Å²) in [5.74, 6) is 0. The van der Waals surface area contributed by atoms with Crippen LogP contribution in [0, 0.1) is 11.3 Å². The van der Waals surface area contributed by atoms with E-state index in [0.29, 0.717) is 0 Å². The Morgan fingerprint density at radius 2 is 2.10 bits per heavy atom. The molecule has 0 aliphatic heterocycles. The molecule has 0 amide bonds. The van der Waals surface area contributed by atoms with Gasteiger partial charge in [0.1, 0.15) is 0 Å². The van der Waals surface area contributed by atoms with E-state index >= 15 is 0 Å². The van der Waals surface area contributed by atoms with Gasteiger partial charge in [0.25, 0.3) is 0 Å². The number of hydrogen-bond acceptors (Lipinski definition) is 1. The number of nitriles is 1. The molecule has 0 aliphatic rings. The normalized spacial score (nSPS) is 13.8. The fourth-order valence-electron chi connectivity index (χ4n) is 0.767. The molecular formula is C8H15NSi. The Morgan fingerprint density at radius 3 is 2.20 bits per heavy atom. The Bertz CT molecular complexity index is 150. The van der Waals surface area contributed by atoms with Gasteiger partial charge < -0.3 is 0 Å². The van der Waals surface area contributed by atoms with E-state index in [1.165, 1.54) is 0 Å². The molecule has 2 heteroatoms. The van der Waals surface area contributed by atoms with Gasteiger partial charge in [-0.15, -0.1) is 6.58 Å². The largest absolute Gasteiger partial charge is 0.198 e. The molecule has 0 aromatic carbocycles. The molecule has 0 N–H and O–H groups in total. The molecule has 0 radical (unpaired) electrons. The summed E-state index contributed by atoms with van der Waals surface area (Å²) in [5.41, 5.74) is 0.241. The molecule has 56 valence electrons. The second kappa shape index (κ2) is 3.57. The number of hydrogen-bond donors (Lipinski definition) is 0. The van der Waals surface area contributed by atoms with Crippen LogP contribution in [0.15, 0.2) is 12.7 Å². The summed E-state index contributed by atoms with van der Waals surface area (Å²) in [6.07, 6.45) is 2.69. The van der Waals surface area contributed by atoms with E-state index in [2.05, 4.69) is 32.3 Å². The Morgan fingerprint density at radius 1 is 1.60 bits per heavy atom. The lowest BCUT2D eigenvalue weighted by Gasteiger charge is -2.20. The lowest BCUT2D eigenvalue weighted by atomic mass is 10.3. The fourth-order valence-corrected chi connectivity index (χ4v) is 2.03. The van der Waals surface area contributed by atoms with Crippen molar-refractivity contribution in [2.24, 2.45) is 0 Å². The Balaban J connectivity index is 4.10. The first-order valence-corrected chi connectivity index (χ1v) is 7.10. The summed E-state index contributed by atoms with van der Waals surface area (Å²) in [7, 11) is -1.24. The molecule has 0 bridgehead atoms. The second-order valence-electron chi connectivity index (χ2n) is 3.57. The highest BCUT2D eigenvalue weighted by atomic mass is 28.3. The SMILES string of the molecule is C=CCC(C#N)[Si](C)(C)C. The zero-order chi connectivity index (χ0) is 8.20. The van der Waals surface area contributed by atoms with Crippen LogP contribution in [0.4, 0.5) is 0 Å². The maximum absolute atomic E-state index is 8.73. The molecule has 0 aromatic heterocycles. The monoisotopic (exact) mass is 153 g/mol. The molecule has 10 heavy (non-hydrogen) atoms. The minimum atomic E-state index is -1.24. The summed E-state index contributed by atoms with van der Waals surface area (Å²) in [6, 6.07) is 2.33. The summed E-state index contributed by atoms with van der Waals surface area (Å²) in [4.78, 5) is 0. The summed E-state index contributed by atoms with van der Waals surface area (Å²) in [6.45, 7) is 10.3. The van der Waals surface area contributed by atoms with E-state index in [4.69, 9.17) is 5.26 Å². The molecule has 1 atom stereocenters. The average Bonchev–Trinajstić information content (AvgIpc) is 1.80. The molecule has 0 rings (SSSR count). The van der Waals surface area contributed by atoms with Crippen molar-refractivity contribution >= 4 is 8.07 Å². The molecule has 0 saturated carbocycles. The summed E-state index contributed by atoms with van der Waals surface area (Å²) < 4.78 is 0. The van der Waals surface area contributed by atoms with Gasteiger partial charge in [-0.2, -0.15) is 5.26 Å². The smallest absolute Gasteiger partial charge is 0.0644 e. The Labute approximate surface area is 64.4 Å². The minimum absolute atomic E-state index is 0.241. The highest BCUT2D eigenvalue weighted by molar-refractivity contribution is 6.78. The predicted octanol–water partition coefficient (Wildman–Crippen LogP) is 2.79. The maximum atomic E-state index is 8.73. The van der Waals surface area contributed by atoms with Crippen LogP contribution in [0.25, 0.3) is 0 Å². The van der Waals surface area contributed by atoms with Crippen molar-refractivity contribution in [3.8, 4) is 6.07 Å². The van der Waals surface area contributed by atoms with Crippen LogP contribution in [0.3, 0.4) is 0 Å². The molecule has 0 aliphatic carbocycles. The zero-order valence-electron chi connectivity index (χ0n) is 7.02. The van der Waals surface area contributed by atoms with Gasteiger partial charge in [0.15, 0.2) is 0 Å². The maximum Gasteiger partial charge on any atom is 0.0644 e. The molecule has 0 heterocycles. The molecule has 1 unspecified atom stereocenters. The van der Waals surface area contributed by atoms with Gasteiger partial charge in [-0.3, -0.25) is 0 Å². The van der Waals surface area contributed by atoms with Crippen LogP contribution in [-0.2, 0) is 0 Å². The molecule has 0 fully saturated rings. The van der Waals surface area contributed by atoms with Gasteiger partial charge in [0.2, 0.25) is 0 Å². The number of nitrogens with zero attached hydrogens (tertiary/aromatic N) is 1. The van der Waals surface area contributed by atoms with Gasteiger partial charge in [0, 0.05) is 5.54 Å².